The second kappa shape index (κ2) is 7.02. The lowest BCUT2D eigenvalue weighted by molar-refractivity contribution is 0.250. The SMILES string of the molecule is CCNCc1ccc(S(=O)(=O)N(CC)CC2CCC2)s1. The molecule has 20 heavy (non-hydrogen) atoms. The second-order valence-electron chi connectivity index (χ2n) is 5.25. The van der Waals surface area contributed by atoms with Crippen molar-refractivity contribution in [2.75, 3.05) is 19.6 Å². The summed E-state index contributed by atoms with van der Waals surface area (Å²) in [5.74, 6) is 0.561. The topological polar surface area (TPSA) is 49.4 Å². The summed E-state index contributed by atoms with van der Waals surface area (Å²) < 4.78 is 27.4. The number of nitrogens with zero attached hydrogens (tertiary/aromatic N) is 1. The highest BCUT2D eigenvalue weighted by molar-refractivity contribution is 7.91. The second-order valence-corrected chi connectivity index (χ2v) is 8.59. The number of thiophene rings is 1. The predicted molar refractivity (Wildman–Crippen MR) is 83.5 cm³/mol. The molecule has 0 atom stereocenters. The Morgan fingerprint density at radius 3 is 2.65 bits per heavy atom. The Labute approximate surface area is 126 Å². The van der Waals surface area contributed by atoms with E-state index in [2.05, 4.69) is 5.32 Å². The fraction of sp³-hybridized carbons (Fsp3) is 0.714. The van der Waals surface area contributed by atoms with Gasteiger partial charge in [-0.05, 0) is 37.4 Å². The van der Waals surface area contributed by atoms with Gasteiger partial charge in [-0.1, -0.05) is 20.3 Å². The standard InChI is InChI=1S/C14H24N2O2S2/c1-3-15-10-13-8-9-14(19-13)20(17,18)16(4-2)11-12-6-5-7-12/h8-9,12,15H,3-7,10-11H2,1-2H3. The molecule has 0 amide bonds. The van der Waals surface area contributed by atoms with Crippen molar-refractivity contribution in [1.82, 2.24) is 9.62 Å². The Kier molecular flexibility index (Phi) is 5.60. The number of rotatable bonds is 8. The summed E-state index contributed by atoms with van der Waals surface area (Å²) in [6.45, 7) is 6.83. The number of hydrogen-bond acceptors (Lipinski definition) is 4. The van der Waals surface area contributed by atoms with E-state index in [0.717, 1.165) is 18.0 Å². The van der Waals surface area contributed by atoms with E-state index in [0.29, 0.717) is 23.2 Å². The maximum absolute atomic E-state index is 12.6. The summed E-state index contributed by atoms with van der Waals surface area (Å²) in [6, 6.07) is 3.66. The van der Waals surface area contributed by atoms with Crippen LogP contribution >= 0.6 is 11.3 Å². The zero-order chi connectivity index (χ0) is 14.6. The summed E-state index contributed by atoms with van der Waals surface area (Å²) >= 11 is 1.38. The van der Waals surface area contributed by atoms with Crippen molar-refractivity contribution < 1.29 is 8.42 Å². The zero-order valence-electron chi connectivity index (χ0n) is 12.3. The summed E-state index contributed by atoms with van der Waals surface area (Å²) in [6.07, 6.45) is 3.58. The Hall–Kier alpha value is -0.430. The van der Waals surface area contributed by atoms with Gasteiger partial charge < -0.3 is 5.32 Å². The fourth-order valence-electron chi connectivity index (χ4n) is 2.33. The Balaban J connectivity index is 2.08. The Bertz CT molecular complexity index is 521. The maximum atomic E-state index is 12.6. The van der Waals surface area contributed by atoms with Crippen LogP contribution in [0.4, 0.5) is 0 Å². The molecular weight excluding hydrogens is 292 g/mol. The summed E-state index contributed by atoms with van der Waals surface area (Å²) in [5, 5.41) is 3.23. The summed E-state index contributed by atoms with van der Waals surface area (Å²) in [7, 11) is -3.30. The van der Waals surface area contributed by atoms with Crippen LogP contribution in [0.1, 0.15) is 38.0 Å². The molecule has 0 aliphatic heterocycles. The van der Waals surface area contributed by atoms with Crippen LogP contribution in [-0.2, 0) is 16.6 Å². The minimum absolute atomic E-state index is 0.478. The van der Waals surface area contributed by atoms with Gasteiger partial charge in [-0.25, -0.2) is 8.42 Å². The van der Waals surface area contributed by atoms with Crippen molar-refractivity contribution in [3.63, 3.8) is 0 Å². The first kappa shape index (κ1) is 15.9. The lowest BCUT2D eigenvalue weighted by Crippen LogP contribution is -2.36. The van der Waals surface area contributed by atoms with Crippen LogP contribution in [0.25, 0.3) is 0 Å². The van der Waals surface area contributed by atoms with Gasteiger partial charge in [0, 0.05) is 24.5 Å². The smallest absolute Gasteiger partial charge is 0.252 e. The molecule has 0 bridgehead atoms. The molecule has 1 N–H and O–H groups in total. The van der Waals surface area contributed by atoms with Crippen LogP contribution in [0.5, 0.6) is 0 Å². The molecule has 1 aliphatic carbocycles. The summed E-state index contributed by atoms with van der Waals surface area (Å²) in [4.78, 5) is 1.07. The molecule has 1 aromatic rings. The van der Waals surface area contributed by atoms with E-state index in [-0.39, 0.29) is 0 Å². The first-order valence-corrected chi connectivity index (χ1v) is 9.63. The molecule has 4 nitrogen and oxygen atoms in total. The van der Waals surface area contributed by atoms with Crippen molar-refractivity contribution in [3.05, 3.63) is 17.0 Å². The molecule has 0 spiro atoms. The van der Waals surface area contributed by atoms with Crippen LogP contribution in [0.2, 0.25) is 0 Å². The van der Waals surface area contributed by atoms with Gasteiger partial charge in [0.05, 0.1) is 0 Å². The fourth-order valence-corrected chi connectivity index (χ4v) is 5.33. The predicted octanol–water partition coefficient (Wildman–Crippen LogP) is 2.67. The van der Waals surface area contributed by atoms with Gasteiger partial charge in [0.15, 0.2) is 0 Å². The minimum atomic E-state index is -3.30. The molecule has 6 heteroatoms. The molecule has 1 heterocycles. The van der Waals surface area contributed by atoms with Crippen molar-refractivity contribution in [3.8, 4) is 0 Å². The van der Waals surface area contributed by atoms with Crippen molar-refractivity contribution in [1.29, 1.82) is 0 Å². The van der Waals surface area contributed by atoms with Crippen LogP contribution in [0.3, 0.4) is 0 Å². The van der Waals surface area contributed by atoms with E-state index in [1.807, 2.05) is 19.9 Å². The molecule has 114 valence electrons. The number of hydrogen-bond donors (Lipinski definition) is 1. The van der Waals surface area contributed by atoms with Gasteiger partial charge in [-0.15, -0.1) is 11.3 Å². The first-order valence-electron chi connectivity index (χ1n) is 7.37. The first-order chi connectivity index (χ1) is 9.57. The highest BCUT2D eigenvalue weighted by atomic mass is 32.2. The highest BCUT2D eigenvalue weighted by Gasteiger charge is 2.29. The molecule has 0 radical (unpaired) electrons. The van der Waals surface area contributed by atoms with Gasteiger partial charge in [0.2, 0.25) is 0 Å². The van der Waals surface area contributed by atoms with Crippen molar-refractivity contribution in [2.24, 2.45) is 5.92 Å². The van der Waals surface area contributed by atoms with E-state index in [9.17, 15) is 8.42 Å². The molecule has 2 rings (SSSR count). The van der Waals surface area contributed by atoms with E-state index in [1.165, 1.54) is 30.6 Å². The van der Waals surface area contributed by atoms with Crippen LogP contribution < -0.4 is 5.32 Å². The lowest BCUT2D eigenvalue weighted by atomic mass is 9.85. The molecule has 1 aromatic heterocycles. The molecule has 1 saturated carbocycles. The summed E-state index contributed by atoms with van der Waals surface area (Å²) in [5.41, 5.74) is 0. The van der Waals surface area contributed by atoms with Gasteiger partial charge in [0.1, 0.15) is 4.21 Å². The monoisotopic (exact) mass is 316 g/mol. The van der Waals surface area contributed by atoms with Gasteiger partial charge >= 0.3 is 0 Å². The van der Waals surface area contributed by atoms with Crippen LogP contribution in [0, 0.1) is 5.92 Å². The molecule has 0 unspecified atom stereocenters. The third kappa shape index (κ3) is 3.61. The molecule has 1 aliphatic rings. The number of nitrogens with one attached hydrogen (secondary N) is 1. The third-order valence-corrected chi connectivity index (χ3v) is 7.31. The molecular formula is C14H24N2O2S2. The minimum Gasteiger partial charge on any atom is -0.312 e. The van der Waals surface area contributed by atoms with Crippen molar-refractivity contribution in [2.45, 2.75) is 43.9 Å². The molecule has 0 aromatic carbocycles. The highest BCUT2D eigenvalue weighted by Crippen LogP contribution is 2.30. The normalized spacial score (nSPS) is 16.6. The Morgan fingerprint density at radius 2 is 2.10 bits per heavy atom. The van der Waals surface area contributed by atoms with E-state index < -0.39 is 10.0 Å². The largest absolute Gasteiger partial charge is 0.312 e. The van der Waals surface area contributed by atoms with E-state index in [4.69, 9.17) is 0 Å². The van der Waals surface area contributed by atoms with Gasteiger partial charge in [-0.3, -0.25) is 0 Å². The van der Waals surface area contributed by atoms with Crippen LogP contribution in [0.15, 0.2) is 16.3 Å². The quantitative estimate of drug-likeness (QED) is 0.802. The van der Waals surface area contributed by atoms with Gasteiger partial charge in [0.25, 0.3) is 10.0 Å². The van der Waals surface area contributed by atoms with Crippen LogP contribution in [-0.4, -0.2) is 32.4 Å². The average molecular weight is 316 g/mol. The molecule has 0 saturated heterocycles. The average Bonchev–Trinajstić information content (AvgIpc) is 2.84. The number of sulfonamides is 1. The van der Waals surface area contributed by atoms with E-state index in [1.54, 1.807) is 10.4 Å². The zero-order valence-corrected chi connectivity index (χ0v) is 13.9. The third-order valence-electron chi connectivity index (χ3n) is 3.82. The van der Waals surface area contributed by atoms with E-state index >= 15 is 0 Å². The van der Waals surface area contributed by atoms with Gasteiger partial charge in [-0.2, -0.15) is 4.31 Å². The maximum Gasteiger partial charge on any atom is 0.252 e. The lowest BCUT2D eigenvalue weighted by Gasteiger charge is -2.30. The van der Waals surface area contributed by atoms with Crippen molar-refractivity contribution >= 4 is 21.4 Å². The molecule has 1 fully saturated rings. The Morgan fingerprint density at radius 1 is 1.35 bits per heavy atom.